The Labute approximate surface area is 116 Å². The van der Waals surface area contributed by atoms with Crippen molar-refractivity contribution in [2.24, 2.45) is 0 Å². The number of fused-ring (bicyclic) bond motifs is 1. The highest BCUT2D eigenvalue weighted by atomic mass is 127. The largest absolute Gasteiger partial charge is 0.243 e. The van der Waals surface area contributed by atoms with E-state index in [0.29, 0.717) is 0 Å². The van der Waals surface area contributed by atoms with Gasteiger partial charge < -0.3 is 0 Å². The van der Waals surface area contributed by atoms with Gasteiger partial charge in [0.25, 0.3) is 0 Å². The Morgan fingerprint density at radius 1 is 0.882 bits per heavy atom. The number of hydrogen-bond donors (Lipinski definition) is 0. The van der Waals surface area contributed by atoms with Crippen LogP contribution in [0, 0.1) is 0 Å². The molecule has 0 saturated carbocycles. The van der Waals surface area contributed by atoms with Crippen LogP contribution in [-0.4, -0.2) is 9.66 Å². The van der Waals surface area contributed by atoms with Crippen LogP contribution in [0.2, 0.25) is 0 Å². The van der Waals surface area contributed by atoms with Crippen LogP contribution in [0.5, 0.6) is 0 Å². The van der Waals surface area contributed by atoms with E-state index < -0.39 is 0 Å². The second-order valence-electron chi connectivity index (χ2n) is 4.44. The van der Waals surface area contributed by atoms with Crippen molar-refractivity contribution >= 4 is 22.9 Å². The van der Waals surface area contributed by atoms with Gasteiger partial charge in [0.05, 0.1) is 0 Å². The molecule has 3 rings (SSSR count). The molecule has 1 aliphatic heterocycles. The van der Waals surface area contributed by atoms with Crippen LogP contribution in [0.25, 0.3) is 11.1 Å². The number of halogens is 1. The maximum Gasteiger partial charge on any atom is 0.0335 e. The van der Waals surface area contributed by atoms with Gasteiger partial charge in [0.15, 0.2) is 0 Å². The van der Waals surface area contributed by atoms with Crippen molar-refractivity contribution in [1.29, 1.82) is 0 Å². The Hall–Kier alpha value is -0.870. The van der Waals surface area contributed by atoms with E-state index in [1.54, 1.807) is 0 Å². The first-order valence-electron chi connectivity index (χ1n) is 5.91. The Bertz CT molecular complexity index is 522. The molecular formula is C15H14IN. The van der Waals surface area contributed by atoms with Gasteiger partial charge in [-0.2, -0.15) is 0 Å². The number of hydrogen-bond acceptors (Lipinski definition) is 1. The standard InChI is InChI=1S/C15H14IN/c16-17-9-8-13-6-7-14(10-15(13)11-17)12-4-2-1-3-5-12/h1-7,10H,8-9,11H2. The van der Waals surface area contributed by atoms with Crippen LogP contribution in [0.3, 0.4) is 0 Å². The predicted molar refractivity (Wildman–Crippen MR) is 80.0 cm³/mol. The first kappa shape index (κ1) is 11.2. The molecule has 17 heavy (non-hydrogen) atoms. The first-order chi connectivity index (χ1) is 8.33. The van der Waals surface area contributed by atoms with E-state index in [9.17, 15) is 0 Å². The van der Waals surface area contributed by atoms with Gasteiger partial charge in [-0.05, 0) is 34.7 Å². The highest BCUT2D eigenvalue weighted by Crippen LogP contribution is 2.27. The second-order valence-corrected chi connectivity index (χ2v) is 5.81. The molecule has 0 bridgehead atoms. The van der Waals surface area contributed by atoms with Crippen molar-refractivity contribution in [3.8, 4) is 11.1 Å². The first-order valence-corrected chi connectivity index (χ1v) is 6.87. The maximum absolute atomic E-state index is 2.41. The Kier molecular flexibility index (Phi) is 3.16. The highest BCUT2D eigenvalue weighted by molar-refractivity contribution is 14.1. The molecule has 0 N–H and O–H groups in total. The van der Waals surface area contributed by atoms with Crippen LogP contribution in [0.15, 0.2) is 48.5 Å². The van der Waals surface area contributed by atoms with Crippen LogP contribution in [0.1, 0.15) is 11.1 Å². The van der Waals surface area contributed by atoms with E-state index in [1.165, 1.54) is 28.7 Å². The molecule has 0 atom stereocenters. The fourth-order valence-electron chi connectivity index (χ4n) is 2.33. The topological polar surface area (TPSA) is 3.24 Å². The minimum Gasteiger partial charge on any atom is -0.243 e. The summed E-state index contributed by atoms with van der Waals surface area (Å²) in [4.78, 5) is 0. The predicted octanol–water partition coefficient (Wildman–Crippen LogP) is 4.06. The highest BCUT2D eigenvalue weighted by Gasteiger charge is 2.14. The molecule has 1 nitrogen and oxygen atoms in total. The molecule has 2 aromatic rings. The molecule has 1 aliphatic rings. The Morgan fingerprint density at radius 3 is 2.53 bits per heavy atom. The molecule has 0 spiro atoms. The molecule has 0 fully saturated rings. The minimum absolute atomic E-state index is 1.07. The maximum atomic E-state index is 2.41. The fourth-order valence-corrected chi connectivity index (χ4v) is 2.94. The molecule has 2 aromatic carbocycles. The summed E-state index contributed by atoms with van der Waals surface area (Å²) in [5.74, 6) is 0. The minimum atomic E-state index is 1.07. The van der Waals surface area contributed by atoms with Gasteiger partial charge >= 0.3 is 0 Å². The van der Waals surface area contributed by atoms with Crippen molar-refractivity contribution in [2.45, 2.75) is 13.0 Å². The average Bonchev–Trinajstić information content (AvgIpc) is 2.39. The zero-order chi connectivity index (χ0) is 11.7. The van der Waals surface area contributed by atoms with Crippen LogP contribution < -0.4 is 0 Å². The molecule has 86 valence electrons. The Morgan fingerprint density at radius 2 is 1.71 bits per heavy atom. The van der Waals surface area contributed by atoms with E-state index in [1.807, 2.05) is 0 Å². The van der Waals surface area contributed by atoms with Crippen LogP contribution >= 0.6 is 22.9 Å². The van der Waals surface area contributed by atoms with Gasteiger partial charge in [-0.25, -0.2) is 3.11 Å². The summed E-state index contributed by atoms with van der Waals surface area (Å²) >= 11 is 2.41. The van der Waals surface area contributed by atoms with Gasteiger partial charge in [-0.15, -0.1) is 0 Å². The molecule has 1 heterocycles. The van der Waals surface area contributed by atoms with E-state index >= 15 is 0 Å². The van der Waals surface area contributed by atoms with E-state index in [0.717, 1.165) is 13.1 Å². The monoisotopic (exact) mass is 335 g/mol. The van der Waals surface area contributed by atoms with Crippen molar-refractivity contribution in [3.05, 3.63) is 59.7 Å². The van der Waals surface area contributed by atoms with Crippen molar-refractivity contribution in [3.63, 3.8) is 0 Å². The Balaban J connectivity index is 2.01. The number of rotatable bonds is 1. The summed E-state index contributed by atoms with van der Waals surface area (Å²) in [6, 6.07) is 17.5. The van der Waals surface area contributed by atoms with Crippen molar-refractivity contribution in [1.82, 2.24) is 3.11 Å². The van der Waals surface area contributed by atoms with Crippen molar-refractivity contribution in [2.75, 3.05) is 6.54 Å². The fraction of sp³-hybridized carbons (Fsp3) is 0.200. The molecule has 0 unspecified atom stereocenters. The van der Waals surface area contributed by atoms with Crippen LogP contribution in [0.4, 0.5) is 0 Å². The van der Waals surface area contributed by atoms with E-state index in [-0.39, 0.29) is 0 Å². The van der Waals surface area contributed by atoms with Gasteiger partial charge in [0, 0.05) is 36.0 Å². The molecule has 0 radical (unpaired) electrons. The SMILES string of the molecule is IN1CCc2ccc(-c3ccccc3)cc2C1. The molecule has 2 heteroatoms. The summed E-state index contributed by atoms with van der Waals surface area (Å²) in [6.45, 7) is 2.23. The van der Waals surface area contributed by atoms with Crippen molar-refractivity contribution < 1.29 is 0 Å². The quantitative estimate of drug-likeness (QED) is 0.561. The number of benzene rings is 2. The zero-order valence-electron chi connectivity index (χ0n) is 9.57. The van der Waals surface area contributed by atoms with Gasteiger partial charge in [-0.1, -0.05) is 42.5 Å². The van der Waals surface area contributed by atoms with E-state index in [2.05, 4.69) is 74.5 Å². The summed E-state index contributed by atoms with van der Waals surface area (Å²) in [6.07, 6.45) is 1.17. The molecule has 0 aliphatic carbocycles. The average molecular weight is 335 g/mol. The summed E-state index contributed by atoms with van der Waals surface area (Å²) in [5.41, 5.74) is 5.63. The van der Waals surface area contributed by atoms with Crippen LogP contribution in [-0.2, 0) is 13.0 Å². The van der Waals surface area contributed by atoms with E-state index in [4.69, 9.17) is 0 Å². The third kappa shape index (κ3) is 2.38. The lowest BCUT2D eigenvalue weighted by atomic mass is 9.96. The lowest BCUT2D eigenvalue weighted by molar-refractivity contribution is 0.481. The molecule has 0 amide bonds. The number of nitrogens with zero attached hydrogens (tertiary/aromatic N) is 1. The molecular weight excluding hydrogens is 321 g/mol. The normalized spacial score (nSPS) is 15.6. The van der Waals surface area contributed by atoms with Gasteiger partial charge in [-0.3, -0.25) is 0 Å². The summed E-state index contributed by atoms with van der Waals surface area (Å²) in [5, 5.41) is 0. The zero-order valence-corrected chi connectivity index (χ0v) is 11.7. The van der Waals surface area contributed by atoms with Gasteiger partial charge in [0.2, 0.25) is 0 Å². The summed E-state index contributed by atoms with van der Waals surface area (Å²) < 4.78 is 2.36. The third-order valence-electron chi connectivity index (χ3n) is 3.28. The summed E-state index contributed by atoms with van der Waals surface area (Å²) in [7, 11) is 0. The molecule has 0 saturated heterocycles. The second kappa shape index (κ2) is 4.78. The molecule has 0 aromatic heterocycles. The lowest BCUT2D eigenvalue weighted by Crippen LogP contribution is -2.21. The van der Waals surface area contributed by atoms with Gasteiger partial charge in [0.1, 0.15) is 0 Å². The lowest BCUT2D eigenvalue weighted by Gasteiger charge is -2.23. The smallest absolute Gasteiger partial charge is 0.0335 e. The third-order valence-corrected chi connectivity index (χ3v) is 4.10.